The molecule has 5 atom stereocenters. The van der Waals surface area contributed by atoms with E-state index in [9.17, 15) is 4.79 Å². The number of fused-ring (bicyclic) bond motifs is 3. The van der Waals surface area contributed by atoms with Crippen molar-refractivity contribution in [3.63, 3.8) is 0 Å². The quantitative estimate of drug-likeness (QED) is 0.733. The highest BCUT2D eigenvalue weighted by Gasteiger charge is 2.53. The van der Waals surface area contributed by atoms with Crippen LogP contribution in [0, 0.1) is 5.92 Å². The number of ether oxygens (including phenoxy) is 2. The van der Waals surface area contributed by atoms with Crippen LogP contribution in [-0.4, -0.2) is 35.6 Å². The molecule has 3 heterocycles. The summed E-state index contributed by atoms with van der Waals surface area (Å²) >= 11 is 0. The molecule has 5 nitrogen and oxygen atoms in total. The first-order valence-corrected chi connectivity index (χ1v) is 6.19. The normalized spacial score (nSPS) is 44.2. The number of carbonyl (C=O) groups excluding carboxylic acids is 1. The highest BCUT2D eigenvalue weighted by atomic mass is 16.6. The fraction of sp³-hybridized carbons (Fsp3) is 0.750. The van der Waals surface area contributed by atoms with Crippen molar-refractivity contribution < 1.29 is 14.3 Å². The van der Waals surface area contributed by atoms with E-state index in [4.69, 9.17) is 9.47 Å². The second-order valence-electron chi connectivity index (χ2n) is 5.02. The highest BCUT2D eigenvalue weighted by Crippen LogP contribution is 2.39. The minimum absolute atomic E-state index is 0.0485. The van der Waals surface area contributed by atoms with Crippen molar-refractivity contribution in [3.05, 3.63) is 11.8 Å². The van der Waals surface area contributed by atoms with Crippen LogP contribution in [0.3, 0.4) is 0 Å². The van der Waals surface area contributed by atoms with E-state index < -0.39 is 0 Å². The minimum atomic E-state index is -0.360. The Bertz CT molecular complexity index is 382. The van der Waals surface area contributed by atoms with Crippen molar-refractivity contribution in [1.29, 1.82) is 0 Å². The Kier molecular flexibility index (Phi) is 2.41. The molecule has 0 bridgehead atoms. The van der Waals surface area contributed by atoms with Crippen LogP contribution in [0.2, 0.25) is 0 Å². The molecule has 0 aromatic rings. The van der Waals surface area contributed by atoms with E-state index in [0.29, 0.717) is 11.5 Å². The predicted octanol–water partition coefficient (Wildman–Crippen LogP) is 0.775. The molecule has 3 aliphatic rings. The molecule has 0 radical (unpaired) electrons. The molecule has 5 heteroatoms. The zero-order valence-electron chi connectivity index (χ0n) is 10.3. The fourth-order valence-electron chi connectivity index (χ4n) is 2.86. The third-order valence-corrected chi connectivity index (χ3v) is 3.91. The zero-order chi connectivity index (χ0) is 12.2. The van der Waals surface area contributed by atoms with Crippen LogP contribution in [0.15, 0.2) is 11.8 Å². The topological polar surface area (TPSA) is 50.8 Å². The first kappa shape index (κ1) is 11.0. The Labute approximate surface area is 101 Å². The molecule has 94 valence electrons. The number of hydrogen-bond donors (Lipinski definition) is 1. The average molecular weight is 238 g/mol. The van der Waals surface area contributed by atoms with Gasteiger partial charge in [0.1, 0.15) is 6.10 Å². The van der Waals surface area contributed by atoms with Crippen molar-refractivity contribution >= 4 is 5.91 Å². The second kappa shape index (κ2) is 3.71. The number of nitrogens with zero attached hydrogens (tertiary/aromatic N) is 1. The summed E-state index contributed by atoms with van der Waals surface area (Å²) in [5.41, 5.74) is 0.696. The van der Waals surface area contributed by atoms with Crippen molar-refractivity contribution in [1.82, 2.24) is 10.2 Å². The Hall–Kier alpha value is -1.07. The lowest BCUT2D eigenvalue weighted by Gasteiger charge is -2.31. The van der Waals surface area contributed by atoms with Gasteiger partial charge in [0.05, 0.1) is 6.10 Å². The van der Waals surface area contributed by atoms with Crippen molar-refractivity contribution in [2.24, 2.45) is 5.92 Å². The SMILES string of the molecule is CCC1OC2C(OC3NC(=O)C(C)=CN32)C1C. The molecule has 0 saturated carbocycles. The highest BCUT2D eigenvalue weighted by molar-refractivity contribution is 5.93. The van der Waals surface area contributed by atoms with Gasteiger partial charge in [0.2, 0.25) is 6.35 Å². The van der Waals surface area contributed by atoms with Gasteiger partial charge in [-0.05, 0) is 13.3 Å². The van der Waals surface area contributed by atoms with E-state index in [1.165, 1.54) is 0 Å². The fourth-order valence-corrected chi connectivity index (χ4v) is 2.86. The molecule has 5 unspecified atom stereocenters. The van der Waals surface area contributed by atoms with E-state index in [0.717, 1.165) is 6.42 Å². The molecule has 3 aliphatic heterocycles. The maximum atomic E-state index is 11.5. The first-order chi connectivity index (χ1) is 8.11. The van der Waals surface area contributed by atoms with E-state index in [1.54, 1.807) is 6.92 Å². The molecule has 17 heavy (non-hydrogen) atoms. The standard InChI is InChI=1S/C12H18N2O3/c1-4-8-7(3)9-11(16-8)14-5-6(2)10(15)13-12(14)17-9/h5,7-9,11-12H,4H2,1-3H3,(H,13,15). The maximum absolute atomic E-state index is 11.5. The van der Waals surface area contributed by atoms with E-state index >= 15 is 0 Å². The van der Waals surface area contributed by atoms with Crippen LogP contribution in [0.25, 0.3) is 0 Å². The Morgan fingerprint density at radius 3 is 2.94 bits per heavy atom. The minimum Gasteiger partial charge on any atom is -0.352 e. The molecule has 2 fully saturated rings. The van der Waals surface area contributed by atoms with Gasteiger partial charge in [-0.25, -0.2) is 0 Å². The molecule has 3 rings (SSSR count). The molecule has 1 N–H and O–H groups in total. The summed E-state index contributed by atoms with van der Waals surface area (Å²) in [5, 5.41) is 2.83. The van der Waals surface area contributed by atoms with E-state index in [-0.39, 0.29) is 30.7 Å². The van der Waals surface area contributed by atoms with Crippen LogP contribution in [0.4, 0.5) is 0 Å². The predicted molar refractivity (Wildman–Crippen MR) is 60.5 cm³/mol. The molecule has 0 spiro atoms. The first-order valence-electron chi connectivity index (χ1n) is 6.19. The van der Waals surface area contributed by atoms with Gasteiger partial charge in [-0.2, -0.15) is 0 Å². The maximum Gasteiger partial charge on any atom is 0.251 e. The van der Waals surface area contributed by atoms with Gasteiger partial charge >= 0.3 is 0 Å². The Morgan fingerprint density at radius 2 is 2.24 bits per heavy atom. The summed E-state index contributed by atoms with van der Waals surface area (Å²) in [7, 11) is 0. The number of rotatable bonds is 1. The largest absolute Gasteiger partial charge is 0.352 e. The van der Waals surface area contributed by atoms with Gasteiger partial charge in [0.15, 0.2) is 6.23 Å². The molecule has 0 aromatic heterocycles. The van der Waals surface area contributed by atoms with Gasteiger partial charge in [-0.3, -0.25) is 4.79 Å². The van der Waals surface area contributed by atoms with Crippen LogP contribution in [0.1, 0.15) is 27.2 Å². The smallest absolute Gasteiger partial charge is 0.251 e. The van der Waals surface area contributed by atoms with Gasteiger partial charge in [-0.15, -0.1) is 0 Å². The number of nitrogens with one attached hydrogen (secondary N) is 1. The summed E-state index contributed by atoms with van der Waals surface area (Å²) in [6.07, 6.45) is 2.71. The average Bonchev–Trinajstić information content (AvgIpc) is 2.78. The summed E-state index contributed by atoms with van der Waals surface area (Å²) in [6, 6.07) is 0. The summed E-state index contributed by atoms with van der Waals surface area (Å²) in [5.74, 6) is 0.298. The lowest BCUT2D eigenvalue weighted by atomic mass is 9.99. The van der Waals surface area contributed by atoms with Crippen LogP contribution < -0.4 is 5.32 Å². The summed E-state index contributed by atoms with van der Waals surface area (Å²) in [4.78, 5) is 13.5. The van der Waals surface area contributed by atoms with Crippen molar-refractivity contribution in [3.8, 4) is 0 Å². The van der Waals surface area contributed by atoms with Crippen molar-refractivity contribution in [2.75, 3.05) is 0 Å². The third-order valence-electron chi connectivity index (χ3n) is 3.91. The van der Waals surface area contributed by atoms with Gasteiger partial charge < -0.3 is 19.7 Å². The van der Waals surface area contributed by atoms with Crippen molar-refractivity contribution in [2.45, 2.75) is 52.0 Å². The number of hydrogen-bond acceptors (Lipinski definition) is 4. The molecule has 2 saturated heterocycles. The van der Waals surface area contributed by atoms with Gasteiger partial charge in [-0.1, -0.05) is 13.8 Å². The van der Waals surface area contributed by atoms with E-state index in [2.05, 4.69) is 19.2 Å². The lowest BCUT2D eigenvalue weighted by Crippen LogP contribution is -2.49. The lowest BCUT2D eigenvalue weighted by molar-refractivity contribution is -0.129. The van der Waals surface area contributed by atoms with Crippen LogP contribution in [-0.2, 0) is 14.3 Å². The molecule has 0 aliphatic carbocycles. The number of carbonyl (C=O) groups is 1. The van der Waals surface area contributed by atoms with Gasteiger partial charge in [0, 0.05) is 17.7 Å². The Balaban J connectivity index is 1.86. The van der Waals surface area contributed by atoms with Gasteiger partial charge in [0.25, 0.3) is 5.91 Å². The number of amides is 1. The zero-order valence-corrected chi connectivity index (χ0v) is 10.3. The molecular weight excluding hydrogens is 220 g/mol. The molecule has 0 aromatic carbocycles. The monoisotopic (exact) mass is 238 g/mol. The third kappa shape index (κ3) is 1.49. The summed E-state index contributed by atoms with van der Waals surface area (Å²) in [6.45, 7) is 6.07. The van der Waals surface area contributed by atoms with Crippen LogP contribution in [0.5, 0.6) is 0 Å². The molecular formula is C12H18N2O3. The second-order valence-corrected chi connectivity index (χ2v) is 5.02. The Morgan fingerprint density at radius 1 is 1.47 bits per heavy atom. The van der Waals surface area contributed by atoms with E-state index in [1.807, 2.05) is 11.1 Å². The molecule has 1 amide bonds. The summed E-state index contributed by atoms with van der Waals surface area (Å²) < 4.78 is 11.9. The van der Waals surface area contributed by atoms with Crippen LogP contribution >= 0.6 is 0 Å².